The van der Waals surface area contributed by atoms with Crippen LogP contribution in [0.2, 0.25) is 0 Å². The minimum atomic E-state index is -0.647. The normalized spacial score (nSPS) is 12.9. The summed E-state index contributed by atoms with van der Waals surface area (Å²) < 4.78 is 0. The van der Waals surface area contributed by atoms with Crippen LogP contribution in [0.4, 0.5) is 5.69 Å². The maximum Gasteiger partial charge on any atom is 0.258 e. The number of nitrogens with one attached hydrogen (secondary N) is 1. The van der Waals surface area contributed by atoms with Gasteiger partial charge in [-0.3, -0.25) is 14.4 Å². The molecular weight excluding hydrogens is 486 g/mol. The standard InChI is InChI=1S/C33H33N3O3/c1-2-34-32(38)29(22-24-12-5-3-6-13-24)36(23-25-14-7-4-8-15-25)30(37)20-11-21-35-28-19-10-17-26-16-9-18-27(31(26)28)33(35)39/h3-10,12-19,29H,2,11,20-23H2,1H3,(H,34,38)/t29-/m1/s1. The number of carbonyl (C=O) groups excluding carboxylic acids is 3. The van der Waals surface area contributed by atoms with E-state index in [0.29, 0.717) is 38.0 Å². The Balaban J connectivity index is 1.35. The SMILES string of the molecule is CCNC(=O)[C@@H](Cc1ccccc1)N(Cc1ccccc1)C(=O)CCCN1C(=O)c2cccc3cccc1c23. The van der Waals surface area contributed by atoms with Crippen molar-refractivity contribution in [1.29, 1.82) is 0 Å². The van der Waals surface area contributed by atoms with Gasteiger partial charge in [-0.15, -0.1) is 0 Å². The third-order valence-electron chi connectivity index (χ3n) is 7.24. The van der Waals surface area contributed by atoms with Crippen LogP contribution in [0.15, 0.2) is 97.1 Å². The molecule has 1 aliphatic rings. The van der Waals surface area contributed by atoms with Gasteiger partial charge in [-0.25, -0.2) is 0 Å². The van der Waals surface area contributed by atoms with Gasteiger partial charge in [0.25, 0.3) is 5.91 Å². The molecule has 4 aromatic rings. The molecule has 0 aromatic heterocycles. The lowest BCUT2D eigenvalue weighted by Crippen LogP contribution is -2.50. The Bertz CT molecular complexity index is 1460. The predicted octanol–water partition coefficient (Wildman–Crippen LogP) is 5.36. The van der Waals surface area contributed by atoms with Crippen LogP contribution in [0.3, 0.4) is 0 Å². The molecule has 0 unspecified atom stereocenters. The van der Waals surface area contributed by atoms with Gasteiger partial charge in [0.2, 0.25) is 11.8 Å². The molecule has 1 atom stereocenters. The van der Waals surface area contributed by atoms with E-state index in [1.807, 2.05) is 104 Å². The van der Waals surface area contributed by atoms with E-state index in [-0.39, 0.29) is 24.1 Å². The number of anilines is 1. The summed E-state index contributed by atoms with van der Waals surface area (Å²) >= 11 is 0. The molecule has 0 radical (unpaired) electrons. The summed E-state index contributed by atoms with van der Waals surface area (Å²) in [6.07, 6.45) is 1.15. The highest BCUT2D eigenvalue weighted by Crippen LogP contribution is 2.37. The number of benzene rings is 4. The zero-order chi connectivity index (χ0) is 27.2. The topological polar surface area (TPSA) is 69.7 Å². The van der Waals surface area contributed by atoms with Gasteiger partial charge in [0.15, 0.2) is 0 Å². The molecule has 39 heavy (non-hydrogen) atoms. The molecule has 0 aliphatic carbocycles. The molecule has 4 aromatic carbocycles. The molecule has 3 amide bonds. The monoisotopic (exact) mass is 519 g/mol. The number of likely N-dealkylation sites (N-methyl/N-ethyl adjacent to an activating group) is 1. The first-order valence-corrected chi connectivity index (χ1v) is 13.6. The highest BCUT2D eigenvalue weighted by molar-refractivity contribution is 6.25. The van der Waals surface area contributed by atoms with Crippen molar-refractivity contribution in [1.82, 2.24) is 10.2 Å². The average Bonchev–Trinajstić information content (AvgIpc) is 3.24. The largest absolute Gasteiger partial charge is 0.355 e. The van der Waals surface area contributed by atoms with Crippen LogP contribution in [0.1, 0.15) is 41.3 Å². The van der Waals surface area contributed by atoms with Gasteiger partial charge >= 0.3 is 0 Å². The maximum atomic E-state index is 13.8. The van der Waals surface area contributed by atoms with Crippen LogP contribution < -0.4 is 10.2 Å². The van der Waals surface area contributed by atoms with Crippen molar-refractivity contribution in [3.63, 3.8) is 0 Å². The smallest absolute Gasteiger partial charge is 0.258 e. The fraction of sp³-hybridized carbons (Fsp3) is 0.242. The first-order chi connectivity index (χ1) is 19.1. The Morgan fingerprint density at radius 2 is 1.51 bits per heavy atom. The van der Waals surface area contributed by atoms with Crippen molar-refractivity contribution in [2.24, 2.45) is 0 Å². The summed E-state index contributed by atoms with van der Waals surface area (Å²) in [7, 11) is 0. The Morgan fingerprint density at radius 3 is 2.21 bits per heavy atom. The van der Waals surface area contributed by atoms with E-state index in [1.165, 1.54) is 0 Å². The maximum absolute atomic E-state index is 13.8. The summed E-state index contributed by atoms with van der Waals surface area (Å²) in [4.78, 5) is 43.7. The third-order valence-corrected chi connectivity index (χ3v) is 7.24. The lowest BCUT2D eigenvalue weighted by atomic mass is 10.0. The quantitative estimate of drug-likeness (QED) is 0.290. The molecular formula is C33H33N3O3. The molecule has 1 heterocycles. The summed E-state index contributed by atoms with van der Waals surface area (Å²) in [5.74, 6) is -0.296. The van der Waals surface area contributed by atoms with Crippen molar-refractivity contribution in [2.45, 2.75) is 38.8 Å². The number of amides is 3. The summed E-state index contributed by atoms with van der Waals surface area (Å²) in [6, 6.07) is 30.6. The Kier molecular flexibility index (Phi) is 8.02. The summed E-state index contributed by atoms with van der Waals surface area (Å²) in [6.45, 7) is 3.14. The second-order valence-corrected chi connectivity index (χ2v) is 9.85. The molecule has 1 N–H and O–H groups in total. The third kappa shape index (κ3) is 5.70. The highest BCUT2D eigenvalue weighted by atomic mass is 16.2. The van der Waals surface area contributed by atoms with Crippen molar-refractivity contribution < 1.29 is 14.4 Å². The second kappa shape index (κ2) is 11.9. The number of rotatable bonds is 11. The van der Waals surface area contributed by atoms with Gasteiger partial charge in [-0.05, 0) is 42.0 Å². The van der Waals surface area contributed by atoms with Gasteiger partial charge in [0.05, 0.1) is 5.69 Å². The lowest BCUT2D eigenvalue weighted by Gasteiger charge is -2.32. The molecule has 6 heteroatoms. The minimum absolute atomic E-state index is 0.0281. The van der Waals surface area contributed by atoms with E-state index in [0.717, 1.165) is 27.6 Å². The summed E-state index contributed by atoms with van der Waals surface area (Å²) in [5.41, 5.74) is 3.56. The molecule has 0 spiro atoms. The first kappa shape index (κ1) is 26.2. The van der Waals surface area contributed by atoms with Crippen LogP contribution in [-0.2, 0) is 22.6 Å². The Labute approximate surface area is 229 Å². The van der Waals surface area contributed by atoms with Crippen molar-refractivity contribution >= 4 is 34.2 Å². The van der Waals surface area contributed by atoms with E-state index in [4.69, 9.17) is 0 Å². The zero-order valence-corrected chi connectivity index (χ0v) is 22.2. The first-order valence-electron chi connectivity index (χ1n) is 13.6. The molecule has 6 nitrogen and oxygen atoms in total. The number of hydrogen-bond donors (Lipinski definition) is 1. The Morgan fingerprint density at radius 1 is 0.846 bits per heavy atom. The zero-order valence-electron chi connectivity index (χ0n) is 22.2. The summed E-state index contributed by atoms with van der Waals surface area (Å²) in [5, 5.41) is 4.94. The second-order valence-electron chi connectivity index (χ2n) is 9.85. The van der Waals surface area contributed by atoms with E-state index in [2.05, 4.69) is 5.32 Å². The Hall–Kier alpha value is -4.45. The molecule has 0 saturated carbocycles. The highest BCUT2D eigenvalue weighted by Gasteiger charge is 2.32. The molecule has 0 saturated heterocycles. The van der Waals surface area contributed by atoms with Gasteiger partial charge in [-0.2, -0.15) is 0 Å². The average molecular weight is 520 g/mol. The molecule has 0 bridgehead atoms. The van der Waals surface area contributed by atoms with E-state index < -0.39 is 6.04 Å². The predicted molar refractivity (Wildman–Crippen MR) is 154 cm³/mol. The van der Waals surface area contributed by atoms with Crippen molar-refractivity contribution in [3.05, 3.63) is 114 Å². The number of carbonyl (C=O) groups is 3. The van der Waals surface area contributed by atoms with Crippen LogP contribution in [0.5, 0.6) is 0 Å². The minimum Gasteiger partial charge on any atom is -0.355 e. The number of hydrogen-bond acceptors (Lipinski definition) is 3. The molecule has 0 fully saturated rings. The number of nitrogens with zero attached hydrogens (tertiary/aromatic N) is 2. The fourth-order valence-corrected chi connectivity index (χ4v) is 5.36. The van der Waals surface area contributed by atoms with Gasteiger partial charge in [0.1, 0.15) is 6.04 Å². The van der Waals surface area contributed by atoms with Crippen LogP contribution >= 0.6 is 0 Å². The molecule has 1 aliphatic heterocycles. The molecule has 5 rings (SSSR count). The van der Waals surface area contributed by atoms with Crippen LogP contribution in [0, 0.1) is 0 Å². The van der Waals surface area contributed by atoms with Gasteiger partial charge in [0, 0.05) is 43.4 Å². The van der Waals surface area contributed by atoms with Gasteiger partial charge in [-0.1, -0.05) is 84.9 Å². The van der Waals surface area contributed by atoms with Crippen molar-refractivity contribution in [2.75, 3.05) is 18.0 Å². The van der Waals surface area contributed by atoms with Crippen LogP contribution in [-0.4, -0.2) is 41.8 Å². The van der Waals surface area contributed by atoms with Gasteiger partial charge < -0.3 is 15.1 Å². The van der Waals surface area contributed by atoms with Crippen LogP contribution in [0.25, 0.3) is 10.8 Å². The fourth-order valence-electron chi connectivity index (χ4n) is 5.36. The van der Waals surface area contributed by atoms with E-state index >= 15 is 0 Å². The molecule has 198 valence electrons. The van der Waals surface area contributed by atoms with E-state index in [1.54, 1.807) is 9.80 Å². The van der Waals surface area contributed by atoms with Crippen molar-refractivity contribution in [3.8, 4) is 0 Å². The lowest BCUT2D eigenvalue weighted by molar-refractivity contribution is -0.141. The van der Waals surface area contributed by atoms with E-state index in [9.17, 15) is 14.4 Å².